The number of nitrogens with one attached hydrogen (secondary N) is 1. The van der Waals surface area contributed by atoms with Crippen molar-refractivity contribution < 1.29 is 14.3 Å². The Kier molecular flexibility index (Phi) is 6.17. The molecule has 1 N–H and O–H groups in total. The molecule has 0 fully saturated rings. The first-order valence-electron chi connectivity index (χ1n) is 8.36. The second-order valence-electron chi connectivity index (χ2n) is 5.74. The van der Waals surface area contributed by atoms with Crippen molar-refractivity contribution in [3.8, 4) is 11.5 Å². The maximum atomic E-state index is 12.0. The first-order valence-corrected chi connectivity index (χ1v) is 9.24. The molecule has 0 spiro atoms. The summed E-state index contributed by atoms with van der Waals surface area (Å²) in [5.41, 5.74) is 0.941. The first-order chi connectivity index (χ1) is 12.7. The molecular formula is C21H19NO3S. The minimum atomic E-state index is -0.135. The van der Waals surface area contributed by atoms with Crippen LogP contribution in [0.4, 0.5) is 0 Å². The van der Waals surface area contributed by atoms with Crippen LogP contribution in [-0.4, -0.2) is 11.7 Å². The van der Waals surface area contributed by atoms with Crippen LogP contribution in [0.2, 0.25) is 0 Å². The van der Waals surface area contributed by atoms with Gasteiger partial charge in [-0.3, -0.25) is 9.59 Å². The van der Waals surface area contributed by atoms with Gasteiger partial charge >= 0.3 is 0 Å². The molecule has 4 nitrogen and oxygen atoms in total. The molecule has 0 atom stereocenters. The molecule has 3 rings (SSSR count). The molecule has 1 aromatic heterocycles. The summed E-state index contributed by atoms with van der Waals surface area (Å²) in [7, 11) is 0. The van der Waals surface area contributed by atoms with Crippen molar-refractivity contribution in [2.75, 3.05) is 0 Å². The van der Waals surface area contributed by atoms with Gasteiger partial charge < -0.3 is 10.1 Å². The number of carbonyl (C=O) groups is 2. The molecule has 0 saturated heterocycles. The van der Waals surface area contributed by atoms with Crippen LogP contribution in [-0.2, 0) is 11.3 Å². The second-order valence-corrected chi connectivity index (χ2v) is 6.69. The van der Waals surface area contributed by atoms with E-state index in [0.717, 1.165) is 17.1 Å². The molecule has 0 aliphatic rings. The van der Waals surface area contributed by atoms with E-state index in [9.17, 15) is 9.59 Å². The van der Waals surface area contributed by atoms with E-state index < -0.39 is 0 Å². The van der Waals surface area contributed by atoms with Crippen LogP contribution in [0, 0.1) is 0 Å². The van der Waals surface area contributed by atoms with Gasteiger partial charge in [0.2, 0.25) is 5.91 Å². The second kappa shape index (κ2) is 8.97. The first kappa shape index (κ1) is 17.9. The number of hydrogen-bond acceptors (Lipinski definition) is 4. The summed E-state index contributed by atoms with van der Waals surface area (Å²) in [6, 6.07) is 20.7. The Morgan fingerprint density at radius 1 is 0.885 bits per heavy atom. The Morgan fingerprint density at radius 2 is 1.69 bits per heavy atom. The zero-order valence-corrected chi connectivity index (χ0v) is 15.0. The fourth-order valence-electron chi connectivity index (χ4n) is 2.42. The smallest absolute Gasteiger partial charge is 0.220 e. The standard InChI is InChI=1S/C21H19NO3S/c23-19(20-10-5-13-26-20)11-12-21(24)22-15-16-6-4-9-18(14-16)25-17-7-2-1-3-8-17/h1-10,13-14H,11-12,15H2,(H,22,24). The Morgan fingerprint density at radius 3 is 2.46 bits per heavy atom. The van der Waals surface area contributed by atoms with E-state index in [1.54, 1.807) is 6.07 Å². The number of Topliss-reactive ketones (excluding diaryl/α,β-unsaturated/α-hetero) is 1. The number of rotatable bonds is 8. The lowest BCUT2D eigenvalue weighted by atomic mass is 10.1. The third-order valence-corrected chi connectivity index (χ3v) is 4.65. The van der Waals surface area contributed by atoms with E-state index in [-0.39, 0.29) is 24.5 Å². The molecule has 132 valence electrons. The Balaban J connectivity index is 1.47. The Hall–Kier alpha value is -2.92. The van der Waals surface area contributed by atoms with Crippen molar-refractivity contribution >= 4 is 23.0 Å². The maximum absolute atomic E-state index is 12.0. The number of thiophene rings is 1. The van der Waals surface area contributed by atoms with E-state index in [0.29, 0.717) is 11.4 Å². The number of hydrogen-bond donors (Lipinski definition) is 1. The predicted molar refractivity (Wildman–Crippen MR) is 103 cm³/mol. The molecular weight excluding hydrogens is 346 g/mol. The minimum Gasteiger partial charge on any atom is -0.457 e. The molecule has 0 aliphatic carbocycles. The molecule has 0 radical (unpaired) electrons. The van der Waals surface area contributed by atoms with Crippen molar-refractivity contribution in [2.45, 2.75) is 19.4 Å². The summed E-state index contributed by atoms with van der Waals surface area (Å²) >= 11 is 1.40. The van der Waals surface area contributed by atoms with E-state index in [4.69, 9.17) is 4.74 Å². The van der Waals surface area contributed by atoms with Crippen LogP contribution in [0.3, 0.4) is 0 Å². The van der Waals surface area contributed by atoms with Gasteiger partial charge in [0.25, 0.3) is 0 Å². The highest BCUT2D eigenvalue weighted by molar-refractivity contribution is 7.12. The van der Waals surface area contributed by atoms with Crippen molar-refractivity contribution in [1.29, 1.82) is 0 Å². The monoisotopic (exact) mass is 365 g/mol. The average Bonchev–Trinajstić information content (AvgIpc) is 3.20. The van der Waals surface area contributed by atoms with Crippen molar-refractivity contribution in [2.24, 2.45) is 0 Å². The number of benzene rings is 2. The zero-order valence-electron chi connectivity index (χ0n) is 14.2. The summed E-state index contributed by atoms with van der Waals surface area (Å²) in [6.45, 7) is 0.401. The summed E-state index contributed by atoms with van der Waals surface area (Å²) < 4.78 is 5.79. The number of ketones is 1. The molecule has 3 aromatic rings. The topological polar surface area (TPSA) is 55.4 Å². The van der Waals surface area contributed by atoms with Crippen molar-refractivity contribution in [3.05, 3.63) is 82.6 Å². The van der Waals surface area contributed by atoms with Crippen LogP contribution in [0.15, 0.2) is 72.1 Å². The van der Waals surface area contributed by atoms with E-state index >= 15 is 0 Å². The number of para-hydroxylation sites is 1. The summed E-state index contributed by atoms with van der Waals surface area (Å²) in [6.07, 6.45) is 0.417. The van der Waals surface area contributed by atoms with Gasteiger partial charge in [0.15, 0.2) is 5.78 Å². The molecule has 0 aliphatic heterocycles. The average molecular weight is 365 g/mol. The molecule has 0 unspecified atom stereocenters. The van der Waals surface area contributed by atoms with Gasteiger partial charge in [-0.1, -0.05) is 36.4 Å². The minimum absolute atomic E-state index is 0.00779. The molecule has 1 amide bonds. The van der Waals surface area contributed by atoms with Crippen molar-refractivity contribution in [3.63, 3.8) is 0 Å². The highest BCUT2D eigenvalue weighted by atomic mass is 32.1. The molecule has 5 heteroatoms. The molecule has 2 aromatic carbocycles. The van der Waals surface area contributed by atoms with Gasteiger partial charge in [0, 0.05) is 19.4 Å². The quantitative estimate of drug-likeness (QED) is 0.582. The van der Waals surface area contributed by atoms with Crippen LogP contribution in [0.1, 0.15) is 28.1 Å². The van der Waals surface area contributed by atoms with E-state index in [2.05, 4.69) is 5.32 Å². The summed E-state index contributed by atoms with van der Waals surface area (Å²) in [5.74, 6) is 1.36. The highest BCUT2D eigenvalue weighted by Gasteiger charge is 2.10. The molecule has 0 saturated carbocycles. The fourth-order valence-corrected chi connectivity index (χ4v) is 3.11. The number of ether oxygens (including phenoxy) is 1. The van der Waals surface area contributed by atoms with Crippen LogP contribution < -0.4 is 10.1 Å². The normalized spacial score (nSPS) is 10.3. The SMILES string of the molecule is O=C(CCC(=O)c1cccs1)NCc1cccc(Oc2ccccc2)c1. The van der Waals surface area contributed by atoms with Gasteiger partial charge in [-0.15, -0.1) is 11.3 Å². The van der Waals surface area contributed by atoms with Crippen LogP contribution >= 0.6 is 11.3 Å². The maximum Gasteiger partial charge on any atom is 0.220 e. The molecule has 26 heavy (non-hydrogen) atoms. The van der Waals surface area contributed by atoms with E-state index in [1.807, 2.05) is 66.0 Å². The zero-order chi connectivity index (χ0) is 18.2. The predicted octanol–water partition coefficient (Wildman–Crippen LogP) is 4.82. The Labute approximate surface area is 156 Å². The van der Waals surface area contributed by atoms with Gasteiger partial charge in [-0.2, -0.15) is 0 Å². The lowest BCUT2D eigenvalue weighted by Crippen LogP contribution is -2.23. The van der Waals surface area contributed by atoms with Crippen LogP contribution in [0.25, 0.3) is 0 Å². The van der Waals surface area contributed by atoms with Gasteiger partial charge in [-0.25, -0.2) is 0 Å². The highest BCUT2D eigenvalue weighted by Crippen LogP contribution is 2.21. The van der Waals surface area contributed by atoms with Crippen LogP contribution in [0.5, 0.6) is 11.5 Å². The summed E-state index contributed by atoms with van der Waals surface area (Å²) in [4.78, 5) is 24.6. The third-order valence-electron chi connectivity index (χ3n) is 3.74. The lowest BCUT2D eigenvalue weighted by Gasteiger charge is -2.09. The van der Waals surface area contributed by atoms with Crippen molar-refractivity contribution in [1.82, 2.24) is 5.32 Å². The summed E-state index contributed by atoms with van der Waals surface area (Å²) in [5, 5.41) is 4.71. The molecule has 0 bridgehead atoms. The van der Waals surface area contributed by atoms with E-state index in [1.165, 1.54) is 11.3 Å². The lowest BCUT2D eigenvalue weighted by molar-refractivity contribution is -0.121. The van der Waals surface area contributed by atoms with Gasteiger partial charge in [0.1, 0.15) is 11.5 Å². The number of amides is 1. The Bertz CT molecular complexity index is 860. The number of carbonyl (C=O) groups excluding carboxylic acids is 2. The van der Waals surface area contributed by atoms with Gasteiger partial charge in [-0.05, 0) is 41.3 Å². The van der Waals surface area contributed by atoms with Gasteiger partial charge in [0.05, 0.1) is 4.88 Å². The molecule has 1 heterocycles. The largest absolute Gasteiger partial charge is 0.457 e. The fraction of sp³-hybridized carbons (Fsp3) is 0.143. The third kappa shape index (κ3) is 5.29.